The number of rotatable bonds is 4. The molecule has 1 heterocycles. The van der Waals surface area contributed by atoms with Gasteiger partial charge in [0, 0.05) is 11.4 Å². The monoisotopic (exact) mass is 369 g/mol. The minimum atomic E-state index is -4.53. The molecule has 0 saturated carbocycles. The van der Waals surface area contributed by atoms with E-state index >= 15 is 0 Å². The maximum Gasteiger partial charge on any atom is 0.418 e. The topological polar surface area (TPSA) is 54.9 Å². The second-order valence-electron chi connectivity index (χ2n) is 5.59. The van der Waals surface area contributed by atoms with E-state index in [4.69, 9.17) is 0 Å². The number of hydrogen-bond acceptors (Lipinski definition) is 4. The summed E-state index contributed by atoms with van der Waals surface area (Å²) in [7, 11) is 0. The van der Waals surface area contributed by atoms with Crippen molar-refractivity contribution in [3.05, 3.63) is 46.8 Å². The van der Waals surface area contributed by atoms with Crippen molar-refractivity contribution in [2.24, 2.45) is 0 Å². The Bertz CT molecular complexity index is 770. The Kier molecular flexibility index (Phi) is 5.72. The third-order valence-electron chi connectivity index (χ3n) is 3.75. The SMILES string of the molecule is Cc1nc(S[C@H](C)C(=O)Nc2ccccc2C(F)(F)F)nc(C)c1C. The fraction of sp³-hybridized carbons (Fsp3) is 0.353. The van der Waals surface area contributed by atoms with Crippen molar-refractivity contribution < 1.29 is 18.0 Å². The number of carbonyl (C=O) groups excluding carboxylic acids is 1. The molecular formula is C17H18F3N3OS. The number of alkyl halides is 3. The molecule has 1 aromatic heterocycles. The molecule has 0 aliphatic heterocycles. The quantitative estimate of drug-likeness (QED) is 0.635. The number of carbonyl (C=O) groups is 1. The van der Waals surface area contributed by atoms with Gasteiger partial charge >= 0.3 is 6.18 Å². The lowest BCUT2D eigenvalue weighted by Crippen LogP contribution is -2.24. The number of nitrogens with zero attached hydrogens (tertiary/aromatic N) is 2. The van der Waals surface area contributed by atoms with E-state index in [0.29, 0.717) is 5.16 Å². The van der Waals surface area contributed by atoms with Gasteiger partial charge in [0.2, 0.25) is 5.91 Å². The molecule has 4 nitrogen and oxygen atoms in total. The number of benzene rings is 1. The summed E-state index contributed by atoms with van der Waals surface area (Å²) in [4.78, 5) is 20.9. The van der Waals surface area contributed by atoms with E-state index in [2.05, 4.69) is 15.3 Å². The summed E-state index contributed by atoms with van der Waals surface area (Å²) in [6.07, 6.45) is -4.53. The molecular weight excluding hydrogens is 351 g/mol. The van der Waals surface area contributed by atoms with Crippen molar-refractivity contribution in [2.45, 2.75) is 44.3 Å². The molecule has 8 heteroatoms. The molecule has 2 aromatic rings. The lowest BCUT2D eigenvalue weighted by atomic mass is 10.1. The number of aryl methyl sites for hydroxylation is 2. The minimum absolute atomic E-state index is 0.260. The summed E-state index contributed by atoms with van der Waals surface area (Å²) in [5.41, 5.74) is 1.46. The Morgan fingerprint density at radius 3 is 2.24 bits per heavy atom. The van der Waals surface area contributed by atoms with Crippen LogP contribution in [0.2, 0.25) is 0 Å². The molecule has 0 bridgehead atoms. The highest BCUT2D eigenvalue weighted by molar-refractivity contribution is 8.00. The van der Waals surface area contributed by atoms with Crippen molar-refractivity contribution in [1.82, 2.24) is 9.97 Å². The number of amides is 1. The Hall–Kier alpha value is -2.09. The molecule has 1 amide bonds. The summed E-state index contributed by atoms with van der Waals surface area (Å²) in [5, 5.41) is 2.12. The molecule has 0 spiro atoms. The summed E-state index contributed by atoms with van der Waals surface area (Å²) in [6, 6.07) is 4.89. The molecule has 2 rings (SSSR count). The van der Waals surface area contributed by atoms with E-state index in [1.165, 1.54) is 18.2 Å². The molecule has 0 aliphatic rings. The van der Waals surface area contributed by atoms with E-state index in [9.17, 15) is 18.0 Å². The van der Waals surface area contributed by atoms with Crippen molar-refractivity contribution >= 4 is 23.4 Å². The highest BCUT2D eigenvalue weighted by Gasteiger charge is 2.34. The van der Waals surface area contributed by atoms with E-state index in [0.717, 1.165) is 34.8 Å². The first-order chi connectivity index (χ1) is 11.6. The number of anilines is 1. The molecule has 0 unspecified atom stereocenters. The van der Waals surface area contributed by atoms with E-state index in [-0.39, 0.29) is 5.69 Å². The van der Waals surface area contributed by atoms with Gasteiger partial charge in [-0.15, -0.1) is 0 Å². The van der Waals surface area contributed by atoms with Gasteiger partial charge < -0.3 is 5.32 Å². The highest BCUT2D eigenvalue weighted by atomic mass is 32.2. The highest BCUT2D eigenvalue weighted by Crippen LogP contribution is 2.35. The van der Waals surface area contributed by atoms with E-state index in [1.807, 2.05) is 20.8 Å². The predicted molar refractivity (Wildman–Crippen MR) is 91.6 cm³/mol. The third kappa shape index (κ3) is 4.72. The number of nitrogens with one attached hydrogen (secondary N) is 1. The molecule has 1 aromatic carbocycles. The van der Waals surface area contributed by atoms with Crippen LogP contribution in [0, 0.1) is 20.8 Å². The third-order valence-corrected chi connectivity index (χ3v) is 4.71. The van der Waals surface area contributed by atoms with Gasteiger partial charge in [-0.05, 0) is 45.4 Å². The fourth-order valence-electron chi connectivity index (χ4n) is 2.08. The normalized spacial score (nSPS) is 12.8. The maximum absolute atomic E-state index is 13.0. The number of aromatic nitrogens is 2. The van der Waals surface area contributed by atoms with Crippen LogP contribution in [0.3, 0.4) is 0 Å². The first kappa shape index (κ1) is 19.2. The lowest BCUT2D eigenvalue weighted by Gasteiger charge is -2.16. The maximum atomic E-state index is 13.0. The number of thioether (sulfide) groups is 1. The van der Waals surface area contributed by atoms with Gasteiger partial charge in [-0.1, -0.05) is 23.9 Å². The smallest absolute Gasteiger partial charge is 0.325 e. The van der Waals surface area contributed by atoms with Crippen LogP contribution in [0.5, 0.6) is 0 Å². The first-order valence-corrected chi connectivity index (χ1v) is 8.43. The zero-order chi connectivity index (χ0) is 18.8. The Labute approximate surface area is 148 Å². The molecule has 0 fully saturated rings. The molecule has 0 radical (unpaired) electrons. The Balaban J connectivity index is 2.14. The van der Waals surface area contributed by atoms with Crippen LogP contribution in [-0.4, -0.2) is 21.1 Å². The van der Waals surface area contributed by atoms with Gasteiger partial charge in [0.05, 0.1) is 16.5 Å². The number of halogens is 3. The van der Waals surface area contributed by atoms with Crippen LogP contribution < -0.4 is 5.32 Å². The van der Waals surface area contributed by atoms with Crippen molar-refractivity contribution in [1.29, 1.82) is 0 Å². The van der Waals surface area contributed by atoms with Crippen LogP contribution in [-0.2, 0) is 11.0 Å². The van der Waals surface area contributed by atoms with Crippen LogP contribution in [0.1, 0.15) is 29.4 Å². The van der Waals surface area contributed by atoms with Crippen LogP contribution in [0.25, 0.3) is 0 Å². The number of para-hydroxylation sites is 1. The van der Waals surface area contributed by atoms with E-state index in [1.54, 1.807) is 6.92 Å². The summed E-state index contributed by atoms with van der Waals surface area (Å²) >= 11 is 1.11. The molecule has 0 aliphatic carbocycles. The van der Waals surface area contributed by atoms with Gasteiger partial charge in [0.15, 0.2) is 5.16 Å². The molecule has 1 N–H and O–H groups in total. The van der Waals surface area contributed by atoms with Crippen LogP contribution >= 0.6 is 11.8 Å². The van der Waals surface area contributed by atoms with Crippen molar-refractivity contribution in [3.63, 3.8) is 0 Å². The molecule has 25 heavy (non-hydrogen) atoms. The van der Waals surface area contributed by atoms with Crippen LogP contribution in [0.4, 0.5) is 18.9 Å². The summed E-state index contributed by atoms with van der Waals surface area (Å²) in [5.74, 6) is -0.541. The van der Waals surface area contributed by atoms with Gasteiger partial charge in [0.1, 0.15) is 0 Å². The second kappa shape index (κ2) is 7.43. The standard InChI is InChI=1S/C17H18F3N3OS/c1-9-10(2)21-16(22-11(9)3)25-12(4)15(24)23-14-8-6-5-7-13(14)17(18,19)20/h5-8,12H,1-4H3,(H,23,24)/t12-/m1/s1. The summed E-state index contributed by atoms with van der Waals surface area (Å²) in [6.45, 7) is 7.20. The molecule has 0 saturated heterocycles. The second-order valence-corrected chi connectivity index (χ2v) is 6.90. The lowest BCUT2D eigenvalue weighted by molar-refractivity contribution is -0.137. The predicted octanol–water partition coefficient (Wildman–Crippen LogP) is 4.54. The van der Waals surface area contributed by atoms with Crippen LogP contribution in [0.15, 0.2) is 29.4 Å². The van der Waals surface area contributed by atoms with Gasteiger partial charge in [-0.2, -0.15) is 13.2 Å². The fourth-order valence-corrected chi connectivity index (χ4v) is 2.94. The number of hydrogen-bond donors (Lipinski definition) is 1. The Morgan fingerprint density at radius 1 is 1.12 bits per heavy atom. The first-order valence-electron chi connectivity index (χ1n) is 7.55. The van der Waals surface area contributed by atoms with E-state index < -0.39 is 22.9 Å². The average Bonchev–Trinajstić information content (AvgIpc) is 2.52. The van der Waals surface area contributed by atoms with Gasteiger partial charge in [-0.25, -0.2) is 9.97 Å². The minimum Gasteiger partial charge on any atom is -0.325 e. The van der Waals surface area contributed by atoms with Gasteiger partial charge in [-0.3, -0.25) is 4.79 Å². The van der Waals surface area contributed by atoms with Crippen molar-refractivity contribution in [3.8, 4) is 0 Å². The van der Waals surface area contributed by atoms with Gasteiger partial charge in [0.25, 0.3) is 0 Å². The zero-order valence-corrected chi connectivity index (χ0v) is 15.0. The summed E-state index contributed by atoms with van der Waals surface area (Å²) < 4.78 is 39.0. The largest absolute Gasteiger partial charge is 0.418 e. The molecule has 1 atom stereocenters. The van der Waals surface area contributed by atoms with Crippen molar-refractivity contribution in [2.75, 3.05) is 5.32 Å². The Morgan fingerprint density at radius 2 is 1.68 bits per heavy atom. The average molecular weight is 369 g/mol. The zero-order valence-electron chi connectivity index (χ0n) is 14.2. The molecule has 134 valence electrons.